The molecule has 0 aliphatic rings. The number of rotatable bonds is 2. The molecule has 0 radical (unpaired) electrons. The van der Waals surface area contributed by atoms with Gasteiger partial charge < -0.3 is 5.73 Å². The van der Waals surface area contributed by atoms with Gasteiger partial charge in [-0.3, -0.25) is 5.10 Å². The van der Waals surface area contributed by atoms with E-state index in [1.54, 1.807) is 18.5 Å². The molecule has 4 aromatic rings. The maximum Gasteiger partial charge on any atom is 0.183 e. The Hall–Kier alpha value is -3.57. The van der Waals surface area contributed by atoms with Gasteiger partial charge in [-0.15, -0.1) is 5.10 Å². The van der Waals surface area contributed by atoms with Gasteiger partial charge in [0.1, 0.15) is 23.2 Å². The Morgan fingerprint density at radius 3 is 2.81 bits per heavy atom. The Bertz CT molecular complexity index is 1190. The molecule has 3 N–H and O–H groups in total. The van der Waals surface area contributed by atoms with Crippen LogP contribution in [0.1, 0.15) is 11.3 Å². The van der Waals surface area contributed by atoms with Crippen LogP contribution in [0, 0.1) is 18.3 Å². The third kappa shape index (κ3) is 2.51. The lowest BCUT2D eigenvalue weighted by atomic mass is 10.0. The van der Waals surface area contributed by atoms with Crippen LogP contribution >= 0.6 is 11.6 Å². The lowest BCUT2D eigenvalue weighted by Crippen LogP contribution is -2.05. The summed E-state index contributed by atoms with van der Waals surface area (Å²) in [4.78, 5) is 8.78. The molecule has 0 aliphatic heterocycles. The van der Waals surface area contributed by atoms with E-state index in [1.165, 1.54) is 0 Å². The van der Waals surface area contributed by atoms with E-state index in [-0.39, 0.29) is 11.5 Å². The molecule has 0 saturated carbocycles. The van der Waals surface area contributed by atoms with E-state index >= 15 is 0 Å². The number of fused-ring (bicyclic) bond motifs is 1. The summed E-state index contributed by atoms with van der Waals surface area (Å²) in [6, 6.07) is 7.37. The minimum absolute atomic E-state index is 0.0341. The maximum absolute atomic E-state index is 9.30. The summed E-state index contributed by atoms with van der Waals surface area (Å²) in [7, 11) is 0. The van der Waals surface area contributed by atoms with Crippen molar-refractivity contribution in [1.82, 2.24) is 30.4 Å². The smallest absolute Gasteiger partial charge is 0.183 e. The van der Waals surface area contributed by atoms with Gasteiger partial charge in [0.2, 0.25) is 0 Å². The molecule has 1 aromatic carbocycles. The van der Waals surface area contributed by atoms with Crippen LogP contribution < -0.4 is 5.73 Å². The number of halogens is 1. The Morgan fingerprint density at radius 2 is 2.04 bits per heavy atom. The van der Waals surface area contributed by atoms with Crippen LogP contribution in [0.2, 0.25) is 5.02 Å². The van der Waals surface area contributed by atoms with E-state index in [0.29, 0.717) is 27.7 Å². The molecule has 4 rings (SSSR count). The lowest BCUT2D eigenvalue weighted by molar-refractivity contribution is 1.01. The van der Waals surface area contributed by atoms with E-state index in [0.717, 1.165) is 16.5 Å². The second-order valence-corrected chi connectivity index (χ2v) is 6.03. The monoisotopic (exact) mass is 362 g/mol. The van der Waals surface area contributed by atoms with Crippen LogP contribution in [0.25, 0.3) is 33.5 Å². The number of nitriles is 1. The number of anilines is 1. The fourth-order valence-electron chi connectivity index (χ4n) is 2.68. The normalized spacial score (nSPS) is 10.8. The number of hydrogen-bond acceptors (Lipinski definition) is 7. The Balaban J connectivity index is 2.05. The van der Waals surface area contributed by atoms with Crippen LogP contribution in [0.3, 0.4) is 0 Å². The van der Waals surface area contributed by atoms with E-state index in [2.05, 4.69) is 30.4 Å². The summed E-state index contributed by atoms with van der Waals surface area (Å²) in [6.07, 6.45) is 3.25. The van der Waals surface area contributed by atoms with Gasteiger partial charge >= 0.3 is 0 Å². The fraction of sp³-hybridized carbons (Fsp3) is 0.0588. The molecule has 0 unspecified atom stereocenters. The molecular weight excluding hydrogens is 352 g/mol. The molecular formula is C17H11ClN8. The third-order valence-electron chi connectivity index (χ3n) is 3.95. The minimum Gasteiger partial charge on any atom is -0.381 e. The van der Waals surface area contributed by atoms with Gasteiger partial charge in [-0.25, -0.2) is 9.97 Å². The van der Waals surface area contributed by atoms with Crippen molar-refractivity contribution in [1.29, 1.82) is 5.26 Å². The molecule has 9 heteroatoms. The molecule has 26 heavy (non-hydrogen) atoms. The van der Waals surface area contributed by atoms with Gasteiger partial charge in [0.05, 0.1) is 16.7 Å². The van der Waals surface area contributed by atoms with Crippen molar-refractivity contribution >= 4 is 28.3 Å². The summed E-state index contributed by atoms with van der Waals surface area (Å²) in [6.45, 7) is 1.89. The third-order valence-corrected chi connectivity index (χ3v) is 4.25. The number of aromatic amines is 1. The zero-order valence-corrected chi connectivity index (χ0v) is 14.3. The number of nitrogens with zero attached hydrogens (tertiary/aromatic N) is 6. The van der Waals surface area contributed by atoms with Gasteiger partial charge in [0.25, 0.3) is 0 Å². The highest BCUT2D eigenvalue weighted by atomic mass is 35.5. The Kier molecular flexibility index (Phi) is 3.71. The molecule has 3 aromatic heterocycles. The van der Waals surface area contributed by atoms with E-state index in [4.69, 9.17) is 17.3 Å². The van der Waals surface area contributed by atoms with Crippen molar-refractivity contribution in [2.75, 3.05) is 5.73 Å². The number of aromatic nitrogens is 6. The summed E-state index contributed by atoms with van der Waals surface area (Å²) >= 11 is 6.35. The van der Waals surface area contributed by atoms with Gasteiger partial charge in [-0.05, 0) is 30.7 Å². The molecule has 0 amide bonds. The number of hydrogen-bond donors (Lipinski definition) is 2. The molecule has 0 spiro atoms. The predicted octanol–water partition coefficient (Wildman–Crippen LogP) is 2.89. The zero-order valence-electron chi connectivity index (χ0n) is 13.5. The molecule has 0 fully saturated rings. The summed E-state index contributed by atoms with van der Waals surface area (Å²) < 4.78 is 0. The highest BCUT2D eigenvalue weighted by Crippen LogP contribution is 2.34. The van der Waals surface area contributed by atoms with Crippen molar-refractivity contribution < 1.29 is 0 Å². The van der Waals surface area contributed by atoms with Crippen LogP contribution in [-0.4, -0.2) is 30.4 Å². The van der Waals surface area contributed by atoms with Crippen LogP contribution in [0.15, 0.2) is 30.6 Å². The first-order valence-electron chi connectivity index (χ1n) is 7.57. The van der Waals surface area contributed by atoms with Crippen LogP contribution in [-0.2, 0) is 0 Å². The highest BCUT2D eigenvalue weighted by molar-refractivity contribution is 6.35. The molecule has 8 nitrogen and oxygen atoms in total. The average molecular weight is 363 g/mol. The Morgan fingerprint density at radius 1 is 1.19 bits per heavy atom. The van der Waals surface area contributed by atoms with Crippen molar-refractivity contribution in [3.05, 3.63) is 46.9 Å². The van der Waals surface area contributed by atoms with Gasteiger partial charge in [0.15, 0.2) is 11.5 Å². The number of aryl methyl sites for hydroxylation is 1. The molecule has 0 bridgehead atoms. The number of nitrogen functional groups attached to an aromatic ring is 1. The van der Waals surface area contributed by atoms with Crippen molar-refractivity contribution in [2.45, 2.75) is 6.92 Å². The number of nitrogens with two attached hydrogens (primary N) is 1. The van der Waals surface area contributed by atoms with Gasteiger partial charge in [-0.1, -0.05) is 11.6 Å². The van der Waals surface area contributed by atoms with Crippen LogP contribution in [0.5, 0.6) is 0 Å². The van der Waals surface area contributed by atoms with Gasteiger partial charge in [0, 0.05) is 17.1 Å². The Labute approximate surface area is 152 Å². The SMILES string of the molecule is Cc1ccnnc1-c1nc(N)c(C#N)nc1-c1cc(Cl)c2[nH]ncc2c1. The topological polar surface area (TPSA) is 130 Å². The standard InChI is InChI=1S/C17H11ClN8/c1-8-2-3-21-25-13(8)16-15(23-12(6-19)17(20)24-16)9-4-10-7-22-26-14(10)11(18)5-9/h2-5,7H,1H3,(H2,20,24)(H,22,26). The molecule has 0 saturated heterocycles. The first kappa shape index (κ1) is 15.9. The summed E-state index contributed by atoms with van der Waals surface area (Å²) in [5, 5.41) is 25.5. The van der Waals surface area contributed by atoms with Crippen molar-refractivity contribution in [3.8, 4) is 28.7 Å². The molecule has 3 heterocycles. The number of benzene rings is 1. The maximum atomic E-state index is 9.30. The minimum atomic E-state index is 0.0341. The average Bonchev–Trinajstić information content (AvgIpc) is 3.11. The molecule has 0 aliphatic carbocycles. The quantitative estimate of drug-likeness (QED) is 0.560. The first-order chi connectivity index (χ1) is 12.6. The fourth-order valence-corrected chi connectivity index (χ4v) is 2.94. The van der Waals surface area contributed by atoms with Crippen molar-refractivity contribution in [3.63, 3.8) is 0 Å². The molecule has 0 atom stereocenters. The second kappa shape index (κ2) is 6.06. The second-order valence-electron chi connectivity index (χ2n) is 5.62. The van der Waals surface area contributed by atoms with Crippen LogP contribution in [0.4, 0.5) is 5.82 Å². The van der Waals surface area contributed by atoms with E-state index in [1.807, 2.05) is 25.1 Å². The zero-order chi connectivity index (χ0) is 18.3. The molecule has 126 valence electrons. The lowest BCUT2D eigenvalue weighted by Gasteiger charge is -2.11. The summed E-state index contributed by atoms with van der Waals surface area (Å²) in [5.74, 6) is 0.0341. The number of nitrogens with one attached hydrogen (secondary N) is 1. The summed E-state index contributed by atoms with van der Waals surface area (Å²) in [5.41, 5.74) is 9.59. The van der Waals surface area contributed by atoms with Gasteiger partial charge in [-0.2, -0.15) is 15.5 Å². The van der Waals surface area contributed by atoms with E-state index < -0.39 is 0 Å². The highest BCUT2D eigenvalue weighted by Gasteiger charge is 2.19. The largest absolute Gasteiger partial charge is 0.381 e. The van der Waals surface area contributed by atoms with Crippen molar-refractivity contribution in [2.24, 2.45) is 0 Å². The predicted molar refractivity (Wildman–Crippen MR) is 97.0 cm³/mol. The first-order valence-corrected chi connectivity index (χ1v) is 7.95. The van der Waals surface area contributed by atoms with E-state index in [9.17, 15) is 5.26 Å². The number of H-pyrrole nitrogens is 1.